The molecule has 0 aliphatic rings. The SMILES string of the molecule is CCCC(C(=O)Nc1c(C)cc(Cl)cc1C)[P+](CC)(CC)CC(=O)OCc1ccccc1. The molecule has 2 rings (SSSR count). The minimum atomic E-state index is -1.91. The van der Waals surface area contributed by atoms with Crippen molar-refractivity contribution in [2.45, 2.75) is 59.7 Å². The Hall–Kier alpha value is -1.90. The third kappa shape index (κ3) is 6.80. The molecule has 0 fully saturated rings. The van der Waals surface area contributed by atoms with Crippen molar-refractivity contribution < 1.29 is 14.3 Å². The monoisotopic (exact) mass is 476 g/mol. The molecule has 2 aromatic carbocycles. The summed E-state index contributed by atoms with van der Waals surface area (Å²) in [7, 11) is -1.91. The largest absolute Gasteiger partial charge is 0.458 e. The number of aryl methyl sites for hydroxylation is 2. The summed E-state index contributed by atoms with van der Waals surface area (Å²) in [4.78, 5) is 26.4. The Kier molecular flexibility index (Phi) is 10.2. The Morgan fingerprint density at radius 1 is 1.03 bits per heavy atom. The predicted molar refractivity (Wildman–Crippen MR) is 137 cm³/mol. The first-order chi connectivity index (χ1) is 15.3. The van der Waals surface area contributed by atoms with Gasteiger partial charge in [-0.1, -0.05) is 55.3 Å². The molecule has 1 amide bonds. The minimum Gasteiger partial charge on any atom is -0.458 e. The van der Waals surface area contributed by atoms with Crippen molar-refractivity contribution in [1.82, 2.24) is 0 Å². The van der Waals surface area contributed by atoms with Gasteiger partial charge in [-0.15, -0.1) is 0 Å². The Bertz CT molecular complexity index is 890. The van der Waals surface area contributed by atoms with Gasteiger partial charge >= 0.3 is 5.97 Å². The van der Waals surface area contributed by atoms with Crippen LogP contribution in [0.2, 0.25) is 5.02 Å². The molecule has 0 aliphatic heterocycles. The van der Waals surface area contributed by atoms with Crippen LogP contribution in [0.1, 0.15) is 50.3 Å². The van der Waals surface area contributed by atoms with Gasteiger partial charge in [0.2, 0.25) is 0 Å². The van der Waals surface area contributed by atoms with E-state index in [4.69, 9.17) is 16.3 Å². The zero-order valence-corrected chi connectivity index (χ0v) is 21.6. The van der Waals surface area contributed by atoms with E-state index in [1.54, 1.807) is 0 Å². The highest BCUT2D eigenvalue weighted by molar-refractivity contribution is 7.78. The van der Waals surface area contributed by atoms with E-state index >= 15 is 0 Å². The van der Waals surface area contributed by atoms with Gasteiger partial charge in [0.1, 0.15) is 12.3 Å². The van der Waals surface area contributed by atoms with Gasteiger partial charge in [0, 0.05) is 18.0 Å². The van der Waals surface area contributed by atoms with Crippen molar-refractivity contribution in [3.63, 3.8) is 0 Å². The maximum absolute atomic E-state index is 13.5. The van der Waals surface area contributed by atoms with Crippen molar-refractivity contribution in [3.8, 4) is 0 Å². The molecular formula is C26H36ClNO3P+. The number of anilines is 1. The van der Waals surface area contributed by atoms with Crippen molar-refractivity contribution >= 4 is 36.4 Å². The second-order valence-electron chi connectivity index (χ2n) is 8.36. The first-order valence-electron chi connectivity index (χ1n) is 11.4. The Morgan fingerprint density at radius 2 is 1.62 bits per heavy atom. The molecule has 4 nitrogen and oxygen atoms in total. The van der Waals surface area contributed by atoms with Crippen molar-refractivity contribution in [3.05, 3.63) is 64.2 Å². The van der Waals surface area contributed by atoms with Crippen LogP contribution >= 0.6 is 18.9 Å². The second-order valence-corrected chi connectivity index (χ2v) is 13.4. The standard InChI is InChI=1S/C26H35ClNO3P/c1-6-12-23(26(30)28-25-19(4)15-22(27)16-20(25)5)32(7-2,8-3)18-24(29)31-17-21-13-10-9-11-14-21/h9-11,13-16,23H,6-8,12,17-18H2,1-5H3/p+1. The lowest BCUT2D eigenvalue weighted by molar-refractivity contribution is -0.141. The second kappa shape index (κ2) is 12.4. The van der Waals surface area contributed by atoms with E-state index in [1.165, 1.54) is 0 Å². The highest BCUT2D eigenvalue weighted by Gasteiger charge is 2.48. The van der Waals surface area contributed by atoms with Crippen LogP contribution in [0.3, 0.4) is 0 Å². The number of halogens is 1. The molecule has 174 valence electrons. The molecule has 6 heteroatoms. The van der Waals surface area contributed by atoms with Crippen LogP contribution in [0.4, 0.5) is 5.69 Å². The molecule has 0 saturated carbocycles. The van der Waals surface area contributed by atoms with E-state index in [-0.39, 0.29) is 24.1 Å². The molecule has 2 aromatic rings. The zero-order valence-electron chi connectivity index (χ0n) is 19.9. The molecule has 0 radical (unpaired) electrons. The number of hydrogen-bond donors (Lipinski definition) is 1. The van der Waals surface area contributed by atoms with Crippen LogP contribution < -0.4 is 5.32 Å². The molecule has 0 spiro atoms. The van der Waals surface area contributed by atoms with Gasteiger partial charge in [0.15, 0.2) is 6.16 Å². The van der Waals surface area contributed by atoms with Gasteiger partial charge < -0.3 is 10.1 Å². The van der Waals surface area contributed by atoms with Crippen LogP contribution in [-0.4, -0.2) is 36.0 Å². The first-order valence-corrected chi connectivity index (χ1v) is 14.2. The Morgan fingerprint density at radius 3 is 2.16 bits per heavy atom. The summed E-state index contributed by atoms with van der Waals surface area (Å²) >= 11 is 6.16. The molecule has 0 saturated heterocycles. The third-order valence-corrected chi connectivity index (χ3v) is 11.7. The van der Waals surface area contributed by atoms with Gasteiger partial charge in [0.25, 0.3) is 5.91 Å². The Balaban J connectivity index is 2.21. The fourth-order valence-electron chi connectivity index (χ4n) is 4.28. The lowest BCUT2D eigenvalue weighted by Crippen LogP contribution is -2.35. The first kappa shape index (κ1) is 26.4. The van der Waals surface area contributed by atoms with Gasteiger partial charge in [-0.2, -0.15) is 0 Å². The van der Waals surface area contributed by atoms with E-state index in [9.17, 15) is 9.59 Å². The van der Waals surface area contributed by atoms with Crippen LogP contribution in [0.5, 0.6) is 0 Å². The average Bonchev–Trinajstić information content (AvgIpc) is 2.77. The normalized spacial score (nSPS) is 12.3. The highest BCUT2D eigenvalue weighted by atomic mass is 35.5. The molecule has 0 bridgehead atoms. The van der Waals surface area contributed by atoms with E-state index in [0.717, 1.165) is 47.5 Å². The third-order valence-electron chi connectivity index (χ3n) is 6.22. The number of carbonyl (C=O) groups is 2. The molecule has 1 atom stereocenters. The summed E-state index contributed by atoms with van der Waals surface area (Å²) in [6, 6.07) is 13.4. The fourth-order valence-corrected chi connectivity index (χ4v) is 8.58. The summed E-state index contributed by atoms with van der Waals surface area (Å²) in [5, 5.41) is 3.83. The summed E-state index contributed by atoms with van der Waals surface area (Å²) in [5.41, 5.74) is 3.49. The van der Waals surface area contributed by atoms with E-state index in [0.29, 0.717) is 11.2 Å². The molecule has 0 aromatic heterocycles. The number of hydrogen-bond acceptors (Lipinski definition) is 3. The van der Waals surface area contributed by atoms with Crippen molar-refractivity contribution in [2.75, 3.05) is 23.8 Å². The predicted octanol–water partition coefficient (Wildman–Crippen LogP) is 6.86. The lowest BCUT2D eigenvalue weighted by atomic mass is 10.1. The molecule has 1 unspecified atom stereocenters. The van der Waals surface area contributed by atoms with E-state index in [1.807, 2.05) is 56.3 Å². The lowest BCUT2D eigenvalue weighted by Gasteiger charge is -2.32. The fraction of sp³-hybridized carbons (Fsp3) is 0.462. The quantitative estimate of drug-likeness (QED) is 0.284. The number of amides is 1. The van der Waals surface area contributed by atoms with Crippen LogP contribution in [0.15, 0.2) is 42.5 Å². The smallest absolute Gasteiger partial charge is 0.344 e. The number of carbonyl (C=O) groups excluding carboxylic acids is 2. The number of ether oxygens (including phenoxy) is 1. The van der Waals surface area contributed by atoms with E-state index < -0.39 is 7.26 Å². The van der Waals surface area contributed by atoms with Gasteiger partial charge in [-0.05, 0) is 62.9 Å². The number of nitrogens with one attached hydrogen (secondary N) is 1. The molecule has 0 aliphatic carbocycles. The maximum atomic E-state index is 13.5. The number of esters is 1. The Labute approximate surface area is 198 Å². The zero-order chi connectivity index (χ0) is 23.7. The number of rotatable bonds is 11. The molecule has 0 heterocycles. The summed E-state index contributed by atoms with van der Waals surface area (Å²) < 4.78 is 5.61. The van der Waals surface area contributed by atoms with Crippen molar-refractivity contribution in [1.29, 1.82) is 0 Å². The van der Waals surface area contributed by atoms with E-state index in [2.05, 4.69) is 26.1 Å². The molecular weight excluding hydrogens is 441 g/mol. The van der Waals surface area contributed by atoms with Crippen LogP contribution in [0.25, 0.3) is 0 Å². The van der Waals surface area contributed by atoms with Crippen LogP contribution in [0, 0.1) is 13.8 Å². The molecule has 32 heavy (non-hydrogen) atoms. The topological polar surface area (TPSA) is 55.4 Å². The minimum absolute atomic E-state index is 0.00765. The van der Waals surface area contributed by atoms with Crippen molar-refractivity contribution in [2.24, 2.45) is 0 Å². The summed E-state index contributed by atoms with van der Waals surface area (Å²) in [5.74, 6) is -0.202. The van der Waals surface area contributed by atoms with Gasteiger partial charge in [0.05, 0.1) is 12.3 Å². The van der Waals surface area contributed by atoms with Gasteiger partial charge in [-0.25, -0.2) is 4.79 Å². The summed E-state index contributed by atoms with van der Waals surface area (Å²) in [6.45, 7) is 10.5. The highest BCUT2D eigenvalue weighted by Crippen LogP contribution is 2.64. The molecule has 1 N–H and O–H groups in total. The van der Waals surface area contributed by atoms with Crippen LogP contribution in [-0.2, 0) is 20.9 Å². The maximum Gasteiger partial charge on any atom is 0.344 e. The average molecular weight is 477 g/mol. The van der Waals surface area contributed by atoms with Gasteiger partial charge in [-0.3, -0.25) is 4.79 Å². The number of benzene rings is 2. The summed E-state index contributed by atoms with van der Waals surface area (Å²) in [6.07, 6.45) is 3.65.